The van der Waals surface area contributed by atoms with Crippen molar-refractivity contribution >= 4 is 28.1 Å². The van der Waals surface area contributed by atoms with Crippen LogP contribution in [0.5, 0.6) is 0 Å². The molecule has 6 nitrogen and oxygen atoms in total. The normalized spacial score (nSPS) is 18.0. The van der Waals surface area contributed by atoms with Crippen LogP contribution in [-0.4, -0.2) is 37.2 Å². The summed E-state index contributed by atoms with van der Waals surface area (Å²) in [6.45, 7) is 1.94. The van der Waals surface area contributed by atoms with Crippen LogP contribution in [0, 0.1) is 0 Å². The predicted octanol–water partition coefficient (Wildman–Crippen LogP) is 3.26. The number of aromatic nitrogens is 5. The molecule has 1 aliphatic heterocycles. The first-order valence-corrected chi connectivity index (χ1v) is 9.29. The van der Waals surface area contributed by atoms with Crippen molar-refractivity contribution in [3.05, 3.63) is 48.4 Å². The Morgan fingerprint density at radius 1 is 0.962 bits per heavy atom. The molecule has 1 aromatic carbocycles. The number of para-hydroxylation sites is 2. The molecule has 0 amide bonds. The van der Waals surface area contributed by atoms with E-state index in [9.17, 15) is 0 Å². The molecule has 1 saturated heterocycles. The van der Waals surface area contributed by atoms with E-state index in [1.807, 2.05) is 25.4 Å². The van der Waals surface area contributed by atoms with Gasteiger partial charge in [0.05, 0.1) is 17.1 Å². The van der Waals surface area contributed by atoms with E-state index in [4.69, 9.17) is 9.97 Å². The number of fused-ring (bicyclic) bond motifs is 2. The Kier molecular flexibility index (Phi) is 2.78. The smallest absolute Gasteiger partial charge is 0.207 e. The Balaban J connectivity index is 1.35. The molecule has 1 saturated carbocycles. The van der Waals surface area contributed by atoms with E-state index in [0.717, 1.165) is 35.7 Å². The predicted molar refractivity (Wildman–Crippen MR) is 101 cm³/mol. The maximum absolute atomic E-state index is 4.94. The van der Waals surface area contributed by atoms with Crippen LogP contribution in [0.4, 0.5) is 5.95 Å². The van der Waals surface area contributed by atoms with Crippen LogP contribution in [0.15, 0.2) is 42.6 Å². The summed E-state index contributed by atoms with van der Waals surface area (Å²) in [4.78, 5) is 16.5. The number of benzene rings is 1. The summed E-state index contributed by atoms with van der Waals surface area (Å²) in [5.74, 6) is 2.94. The maximum Gasteiger partial charge on any atom is 0.207 e. The fraction of sp³-hybridized carbons (Fsp3) is 0.350. The van der Waals surface area contributed by atoms with Gasteiger partial charge in [-0.3, -0.25) is 4.57 Å². The highest BCUT2D eigenvalue weighted by Crippen LogP contribution is 2.43. The highest BCUT2D eigenvalue weighted by Gasteiger charge is 2.37. The van der Waals surface area contributed by atoms with Crippen LogP contribution in [0.1, 0.15) is 30.6 Å². The minimum atomic E-state index is 0.464. The topological polar surface area (TPSA) is 51.8 Å². The van der Waals surface area contributed by atoms with E-state index in [0.29, 0.717) is 12.0 Å². The third kappa shape index (κ3) is 1.95. The molecule has 4 aromatic rings. The van der Waals surface area contributed by atoms with E-state index < -0.39 is 0 Å². The zero-order valence-corrected chi connectivity index (χ0v) is 14.7. The molecule has 4 heterocycles. The standard InChI is InChI=1S/C20H20N6/c1-24-19-16(6-4-10-21-19)23-20(24)25-11-14(12-25)26-17-7-3-2-5-15(17)22-18(26)13-8-9-13/h2-7,10,13-14H,8-9,11-12H2,1H3. The molecule has 6 rings (SSSR count). The molecule has 0 spiro atoms. The summed E-state index contributed by atoms with van der Waals surface area (Å²) in [5, 5.41) is 0. The summed E-state index contributed by atoms with van der Waals surface area (Å²) in [6, 6.07) is 13.0. The second-order valence-electron chi connectivity index (χ2n) is 7.48. The number of anilines is 1. The monoisotopic (exact) mass is 344 g/mol. The zero-order valence-electron chi connectivity index (χ0n) is 14.7. The maximum atomic E-state index is 4.94. The Hall–Kier alpha value is -2.89. The summed E-state index contributed by atoms with van der Waals surface area (Å²) < 4.78 is 4.59. The molecule has 0 atom stereocenters. The van der Waals surface area contributed by atoms with Crippen LogP contribution in [0.3, 0.4) is 0 Å². The molecule has 3 aromatic heterocycles. The highest BCUT2D eigenvalue weighted by molar-refractivity contribution is 5.77. The van der Waals surface area contributed by atoms with Crippen LogP contribution in [0.2, 0.25) is 0 Å². The average molecular weight is 344 g/mol. The van der Waals surface area contributed by atoms with Gasteiger partial charge in [0.15, 0.2) is 5.65 Å². The minimum absolute atomic E-state index is 0.464. The fourth-order valence-electron chi connectivity index (χ4n) is 4.15. The summed E-state index contributed by atoms with van der Waals surface area (Å²) >= 11 is 0. The van der Waals surface area contributed by atoms with E-state index >= 15 is 0 Å². The lowest BCUT2D eigenvalue weighted by atomic mass is 10.1. The number of aryl methyl sites for hydroxylation is 1. The summed E-state index contributed by atoms with van der Waals surface area (Å²) in [5.41, 5.74) is 4.29. The first-order chi connectivity index (χ1) is 12.8. The molecule has 130 valence electrons. The number of pyridine rings is 1. The van der Waals surface area contributed by atoms with Crippen molar-refractivity contribution in [1.29, 1.82) is 0 Å². The first-order valence-electron chi connectivity index (χ1n) is 9.29. The molecule has 26 heavy (non-hydrogen) atoms. The molecule has 2 fully saturated rings. The first kappa shape index (κ1) is 14.3. The number of hydrogen-bond acceptors (Lipinski definition) is 4. The van der Waals surface area contributed by atoms with Gasteiger partial charge in [-0.05, 0) is 37.1 Å². The van der Waals surface area contributed by atoms with Crippen LogP contribution < -0.4 is 4.90 Å². The van der Waals surface area contributed by atoms with Crippen LogP contribution in [-0.2, 0) is 7.05 Å². The van der Waals surface area contributed by atoms with Crippen molar-refractivity contribution in [2.24, 2.45) is 7.05 Å². The quantitative estimate of drug-likeness (QED) is 0.572. The van der Waals surface area contributed by atoms with Crippen LogP contribution in [0.25, 0.3) is 22.2 Å². The van der Waals surface area contributed by atoms with Crippen molar-refractivity contribution in [2.75, 3.05) is 18.0 Å². The third-order valence-electron chi connectivity index (χ3n) is 5.68. The van der Waals surface area contributed by atoms with Gasteiger partial charge in [-0.25, -0.2) is 15.0 Å². The summed E-state index contributed by atoms with van der Waals surface area (Å²) in [6.07, 6.45) is 4.37. The molecular weight excluding hydrogens is 324 g/mol. The SMILES string of the molecule is Cn1c(N2CC(n3c(C4CC4)nc4ccccc43)C2)nc2cccnc21. The average Bonchev–Trinajstić information content (AvgIpc) is 3.34. The Morgan fingerprint density at radius 2 is 1.77 bits per heavy atom. The van der Waals surface area contributed by atoms with Gasteiger partial charge in [-0.15, -0.1) is 0 Å². The van der Waals surface area contributed by atoms with Crippen molar-refractivity contribution in [2.45, 2.75) is 24.8 Å². The van der Waals surface area contributed by atoms with Gasteiger partial charge >= 0.3 is 0 Å². The lowest BCUT2D eigenvalue weighted by Gasteiger charge is -2.41. The lowest BCUT2D eigenvalue weighted by Crippen LogP contribution is -2.49. The number of imidazole rings is 2. The van der Waals surface area contributed by atoms with Gasteiger partial charge in [0, 0.05) is 32.3 Å². The van der Waals surface area contributed by atoms with Crippen LogP contribution >= 0.6 is 0 Å². The second-order valence-corrected chi connectivity index (χ2v) is 7.48. The highest BCUT2D eigenvalue weighted by atomic mass is 15.4. The summed E-state index contributed by atoms with van der Waals surface area (Å²) in [7, 11) is 2.05. The van der Waals surface area contributed by atoms with E-state index in [2.05, 4.69) is 43.3 Å². The van der Waals surface area contributed by atoms with Gasteiger partial charge in [0.2, 0.25) is 5.95 Å². The minimum Gasteiger partial charge on any atom is -0.338 e. The molecule has 0 N–H and O–H groups in total. The largest absolute Gasteiger partial charge is 0.338 e. The molecular formula is C20H20N6. The van der Waals surface area contributed by atoms with Gasteiger partial charge < -0.3 is 9.47 Å². The second kappa shape index (κ2) is 5.06. The van der Waals surface area contributed by atoms with Gasteiger partial charge in [0.1, 0.15) is 11.3 Å². The van der Waals surface area contributed by atoms with Crippen molar-refractivity contribution in [3.63, 3.8) is 0 Å². The van der Waals surface area contributed by atoms with Crippen molar-refractivity contribution in [1.82, 2.24) is 24.1 Å². The molecule has 0 unspecified atom stereocenters. The van der Waals surface area contributed by atoms with E-state index in [1.165, 1.54) is 24.2 Å². The van der Waals surface area contributed by atoms with Gasteiger partial charge in [0.25, 0.3) is 0 Å². The number of rotatable bonds is 3. The Labute approximate surface area is 151 Å². The number of hydrogen-bond donors (Lipinski definition) is 0. The Bertz CT molecular complexity index is 1130. The molecule has 0 radical (unpaired) electrons. The number of nitrogens with zero attached hydrogens (tertiary/aromatic N) is 6. The van der Waals surface area contributed by atoms with Gasteiger partial charge in [-0.2, -0.15) is 0 Å². The van der Waals surface area contributed by atoms with Crippen molar-refractivity contribution < 1.29 is 0 Å². The lowest BCUT2D eigenvalue weighted by molar-refractivity contribution is 0.390. The molecule has 0 bridgehead atoms. The van der Waals surface area contributed by atoms with Crippen molar-refractivity contribution in [3.8, 4) is 0 Å². The fourth-order valence-corrected chi connectivity index (χ4v) is 4.15. The third-order valence-corrected chi connectivity index (χ3v) is 5.68. The van der Waals surface area contributed by atoms with E-state index in [-0.39, 0.29) is 0 Å². The van der Waals surface area contributed by atoms with Gasteiger partial charge in [-0.1, -0.05) is 12.1 Å². The molecule has 1 aliphatic carbocycles. The van der Waals surface area contributed by atoms with E-state index in [1.54, 1.807) is 0 Å². The molecule has 2 aliphatic rings. The Morgan fingerprint density at radius 3 is 2.58 bits per heavy atom. The zero-order chi connectivity index (χ0) is 17.3. The molecule has 6 heteroatoms.